The van der Waals surface area contributed by atoms with Gasteiger partial charge in [-0.1, -0.05) is 30.1 Å². The Hall–Kier alpha value is -1.74. The molecule has 0 aromatic heterocycles. The van der Waals surface area contributed by atoms with E-state index in [2.05, 4.69) is 5.32 Å². The van der Waals surface area contributed by atoms with Crippen molar-refractivity contribution in [2.24, 2.45) is 0 Å². The maximum absolute atomic E-state index is 13.9. The predicted molar refractivity (Wildman–Crippen MR) is 100 cm³/mol. The van der Waals surface area contributed by atoms with Gasteiger partial charge in [0.2, 0.25) is 15.9 Å². The first kappa shape index (κ1) is 21.6. The Morgan fingerprint density at radius 3 is 2.52 bits per heavy atom. The summed E-state index contributed by atoms with van der Waals surface area (Å²) in [4.78, 5) is 11.5. The molecular formula is C17H16Cl2F2N2O3S. The molecule has 146 valence electrons. The Morgan fingerprint density at radius 2 is 1.85 bits per heavy atom. The lowest BCUT2D eigenvalue weighted by Crippen LogP contribution is -2.39. The van der Waals surface area contributed by atoms with Crippen molar-refractivity contribution >= 4 is 44.8 Å². The van der Waals surface area contributed by atoms with Gasteiger partial charge < -0.3 is 5.32 Å². The van der Waals surface area contributed by atoms with Crippen molar-refractivity contribution in [3.63, 3.8) is 0 Å². The number of carbonyl (C=O) groups is 1. The molecule has 0 saturated heterocycles. The van der Waals surface area contributed by atoms with Gasteiger partial charge >= 0.3 is 0 Å². The van der Waals surface area contributed by atoms with Crippen LogP contribution in [0.4, 0.5) is 14.5 Å². The van der Waals surface area contributed by atoms with Gasteiger partial charge in [0.15, 0.2) is 0 Å². The molecule has 1 N–H and O–H groups in total. The van der Waals surface area contributed by atoms with E-state index in [1.165, 1.54) is 18.2 Å². The zero-order valence-corrected chi connectivity index (χ0v) is 16.5. The van der Waals surface area contributed by atoms with Crippen LogP contribution in [0, 0.1) is 11.6 Å². The SMILES string of the molecule is CCCN(CC(=O)Nc1cc(Cl)ccc1Cl)S(=O)(=O)c1cc(F)ccc1F. The van der Waals surface area contributed by atoms with Crippen molar-refractivity contribution < 1.29 is 22.0 Å². The molecule has 0 spiro atoms. The van der Waals surface area contributed by atoms with E-state index in [1.807, 2.05) is 0 Å². The molecule has 0 unspecified atom stereocenters. The van der Waals surface area contributed by atoms with E-state index in [9.17, 15) is 22.0 Å². The third-order valence-electron chi connectivity index (χ3n) is 3.51. The lowest BCUT2D eigenvalue weighted by Gasteiger charge is -2.21. The van der Waals surface area contributed by atoms with Crippen molar-refractivity contribution in [3.05, 3.63) is 58.1 Å². The highest BCUT2D eigenvalue weighted by Gasteiger charge is 2.29. The Labute approximate surface area is 165 Å². The van der Waals surface area contributed by atoms with Gasteiger partial charge in [-0.25, -0.2) is 17.2 Å². The van der Waals surface area contributed by atoms with Crippen LogP contribution in [0.25, 0.3) is 0 Å². The van der Waals surface area contributed by atoms with Gasteiger partial charge in [0.25, 0.3) is 0 Å². The Morgan fingerprint density at radius 1 is 1.15 bits per heavy atom. The van der Waals surface area contributed by atoms with Gasteiger partial charge in [0, 0.05) is 11.6 Å². The quantitative estimate of drug-likeness (QED) is 0.702. The number of hydrogen-bond donors (Lipinski definition) is 1. The molecule has 0 aliphatic rings. The van der Waals surface area contributed by atoms with E-state index in [4.69, 9.17) is 23.2 Å². The van der Waals surface area contributed by atoms with Crippen molar-refractivity contribution in [2.45, 2.75) is 18.2 Å². The first-order valence-electron chi connectivity index (χ1n) is 7.85. The molecule has 5 nitrogen and oxygen atoms in total. The fraction of sp³-hybridized carbons (Fsp3) is 0.235. The number of sulfonamides is 1. The fourth-order valence-electron chi connectivity index (χ4n) is 2.29. The van der Waals surface area contributed by atoms with Crippen LogP contribution in [0.2, 0.25) is 10.0 Å². The second-order valence-electron chi connectivity index (χ2n) is 5.59. The average molecular weight is 437 g/mol. The number of benzene rings is 2. The zero-order chi connectivity index (χ0) is 20.2. The summed E-state index contributed by atoms with van der Waals surface area (Å²) >= 11 is 11.8. The summed E-state index contributed by atoms with van der Waals surface area (Å²) in [5.74, 6) is -2.70. The van der Waals surface area contributed by atoms with Crippen LogP contribution < -0.4 is 5.32 Å². The Balaban J connectivity index is 2.27. The van der Waals surface area contributed by atoms with Crippen molar-refractivity contribution in [2.75, 3.05) is 18.4 Å². The molecule has 0 atom stereocenters. The second kappa shape index (κ2) is 8.97. The summed E-state index contributed by atoms with van der Waals surface area (Å²) in [7, 11) is -4.42. The minimum atomic E-state index is -4.42. The van der Waals surface area contributed by atoms with E-state index in [0.717, 1.165) is 16.4 Å². The first-order chi connectivity index (χ1) is 12.6. The molecule has 0 heterocycles. The van der Waals surface area contributed by atoms with Crippen molar-refractivity contribution in [1.82, 2.24) is 4.31 Å². The number of rotatable bonds is 7. The van der Waals surface area contributed by atoms with Crippen LogP contribution in [-0.2, 0) is 14.8 Å². The summed E-state index contributed by atoms with van der Waals surface area (Å²) in [6.07, 6.45) is 0.362. The summed E-state index contributed by atoms with van der Waals surface area (Å²) in [5.41, 5.74) is 0.208. The standard InChI is InChI=1S/C17H16Cl2F2N2O3S/c1-2-7-23(27(25,26)16-9-12(20)4-6-14(16)21)10-17(24)22-15-8-11(18)3-5-13(15)19/h3-6,8-9H,2,7,10H2,1H3,(H,22,24). The van der Waals surface area contributed by atoms with Gasteiger partial charge in [-0.3, -0.25) is 4.79 Å². The molecule has 0 fully saturated rings. The molecule has 1 amide bonds. The molecule has 10 heteroatoms. The Bertz CT molecular complexity index is 955. The highest BCUT2D eigenvalue weighted by Crippen LogP contribution is 2.26. The minimum absolute atomic E-state index is 0.0605. The molecular weight excluding hydrogens is 421 g/mol. The van der Waals surface area contributed by atoms with E-state index < -0.39 is 39.0 Å². The molecule has 2 aromatic carbocycles. The predicted octanol–water partition coefficient (Wildman–Crippen LogP) is 4.31. The van der Waals surface area contributed by atoms with Gasteiger partial charge in [0.1, 0.15) is 16.5 Å². The van der Waals surface area contributed by atoms with Crippen LogP contribution >= 0.6 is 23.2 Å². The number of anilines is 1. The van der Waals surface area contributed by atoms with Crippen LogP contribution in [0.15, 0.2) is 41.3 Å². The second-order valence-corrected chi connectivity index (χ2v) is 8.34. The maximum atomic E-state index is 13.9. The van der Waals surface area contributed by atoms with E-state index in [1.54, 1.807) is 6.92 Å². The lowest BCUT2D eigenvalue weighted by molar-refractivity contribution is -0.116. The summed E-state index contributed by atoms with van der Waals surface area (Å²) in [6, 6.07) is 6.53. The lowest BCUT2D eigenvalue weighted by atomic mass is 10.3. The highest BCUT2D eigenvalue weighted by atomic mass is 35.5. The minimum Gasteiger partial charge on any atom is -0.324 e. The number of halogens is 4. The number of carbonyl (C=O) groups excluding carboxylic acids is 1. The highest BCUT2D eigenvalue weighted by molar-refractivity contribution is 7.89. The van der Waals surface area contributed by atoms with Gasteiger partial charge in [-0.05, 0) is 42.8 Å². The molecule has 0 aliphatic carbocycles. The van der Waals surface area contributed by atoms with Crippen LogP contribution in [0.1, 0.15) is 13.3 Å². The summed E-state index contributed by atoms with van der Waals surface area (Å²) in [6.45, 7) is 1.03. The summed E-state index contributed by atoms with van der Waals surface area (Å²) in [5, 5.41) is 3.01. The van der Waals surface area contributed by atoms with E-state index in [-0.39, 0.29) is 17.3 Å². The van der Waals surface area contributed by atoms with Crippen LogP contribution in [-0.4, -0.2) is 31.7 Å². The molecule has 0 aliphatic heterocycles. The monoisotopic (exact) mass is 436 g/mol. The van der Waals surface area contributed by atoms with Gasteiger partial charge in [-0.2, -0.15) is 4.31 Å². The number of nitrogens with zero attached hydrogens (tertiary/aromatic N) is 1. The zero-order valence-electron chi connectivity index (χ0n) is 14.2. The molecule has 27 heavy (non-hydrogen) atoms. The fourth-order valence-corrected chi connectivity index (χ4v) is 4.19. The van der Waals surface area contributed by atoms with Crippen LogP contribution in [0.3, 0.4) is 0 Å². The maximum Gasteiger partial charge on any atom is 0.246 e. The molecule has 2 aromatic rings. The van der Waals surface area contributed by atoms with Crippen LogP contribution in [0.5, 0.6) is 0 Å². The average Bonchev–Trinajstić information content (AvgIpc) is 2.59. The third-order valence-corrected chi connectivity index (χ3v) is 5.93. The summed E-state index contributed by atoms with van der Waals surface area (Å²) < 4.78 is 53.5. The normalized spacial score (nSPS) is 11.6. The Kier molecular flexibility index (Phi) is 7.16. The van der Waals surface area contributed by atoms with Crippen molar-refractivity contribution in [1.29, 1.82) is 0 Å². The first-order valence-corrected chi connectivity index (χ1v) is 10.0. The molecule has 0 radical (unpaired) electrons. The van der Waals surface area contributed by atoms with Crippen molar-refractivity contribution in [3.8, 4) is 0 Å². The number of hydrogen-bond acceptors (Lipinski definition) is 3. The topological polar surface area (TPSA) is 66.5 Å². The largest absolute Gasteiger partial charge is 0.324 e. The number of amides is 1. The molecule has 0 bridgehead atoms. The molecule has 0 saturated carbocycles. The van der Waals surface area contributed by atoms with Gasteiger partial charge in [0.05, 0.1) is 17.3 Å². The van der Waals surface area contributed by atoms with Gasteiger partial charge in [-0.15, -0.1) is 0 Å². The smallest absolute Gasteiger partial charge is 0.246 e. The van der Waals surface area contributed by atoms with E-state index in [0.29, 0.717) is 17.5 Å². The third kappa shape index (κ3) is 5.38. The van der Waals surface area contributed by atoms with E-state index >= 15 is 0 Å². The number of nitrogens with one attached hydrogen (secondary N) is 1. The molecule has 2 rings (SSSR count).